The number of nitriles is 1. The van der Waals surface area contributed by atoms with E-state index in [1.807, 2.05) is 0 Å². The summed E-state index contributed by atoms with van der Waals surface area (Å²) in [5, 5.41) is 12.4. The van der Waals surface area contributed by atoms with Crippen LogP contribution in [0.25, 0.3) is 0 Å². The molecular formula is C14H17FN2O. The lowest BCUT2D eigenvalue weighted by Crippen LogP contribution is -2.42. The maximum atomic E-state index is 13.6. The molecule has 1 aromatic rings. The van der Waals surface area contributed by atoms with Crippen LogP contribution in [0.15, 0.2) is 24.3 Å². The standard InChI is InChI=1S/C14H17FN2O/c1-18-11-6-8-14(10-16,9-7-11)17-13-5-3-2-4-12(13)15/h2-5,11,17H,6-9H2,1H3. The molecule has 0 aliphatic heterocycles. The number of benzene rings is 1. The van der Waals surface area contributed by atoms with E-state index < -0.39 is 5.54 Å². The van der Waals surface area contributed by atoms with Crippen molar-refractivity contribution in [1.82, 2.24) is 0 Å². The van der Waals surface area contributed by atoms with Gasteiger partial charge in [0.25, 0.3) is 0 Å². The highest BCUT2D eigenvalue weighted by Crippen LogP contribution is 2.33. The zero-order chi connectivity index (χ0) is 13.0. The first-order valence-electron chi connectivity index (χ1n) is 6.16. The summed E-state index contributed by atoms with van der Waals surface area (Å²) in [4.78, 5) is 0. The van der Waals surface area contributed by atoms with E-state index in [4.69, 9.17) is 4.74 Å². The van der Waals surface area contributed by atoms with E-state index in [9.17, 15) is 9.65 Å². The van der Waals surface area contributed by atoms with Crippen molar-refractivity contribution in [3.8, 4) is 6.07 Å². The van der Waals surface area contributed by atoms with Gasteiger partial charge in [0.15, 0.2) is 0 Å². The van der Waals surface area contributed by atoms with Gasteiger partial charge in [-0.25, -0.2) is 4.39 Å². The van der Waals surface area contributed by atoms with Crippen LogP contribution < -0.4 is 5.32 Å². The molecule has 0 saturated heterocycles. The fourth-order valence-electron chi connectivity index (χ4n) is 2.40. The number of hydrogen-bond acceptors (Lipinski definition) is 3. The molecule has 2 rings (SSSR count). The van der Waals surface area contributed by atoms with Crippen LogP contribution in [-0.2, 0) is 4.74 Å². The van der Waals surface area contributed by atoms with Gasteiger partial charge in [-0.3, -0.25) is 0 Å². The van der Waals surface area contributed by atoms with Crippen LogP contribution in [0.2, 0.25) is 0 Å². The lowest BCUT2D eigenvalue weighted by Gasteiger charge is -2.35. The minimum Gasteiger partial charge on any atom is -0.381 e. The lowest BCUT2D eigenvalue weighted by molar-refractivity contribution is 0.0611. The molecule has 0 spiro atoms. The molecule has 4 heteroatoms. The summed E-state index contributed by atoms with van der Waals surface area (Å²) in [6.45, 7) is 0. The van der Waals surface area contributed by atoms with E-state index in [0.717, 1.165) is 12.8 Å². The van der Waals surface area contributed by atoms with Gasteiger partial charge >= 0.3 is 0 Å². The Morgan fingerprint density at radius 3 is 2.61 bits per heavy atom. The Morgan fingerprint density at radius 1 is 1.39 bits per heavy atom. The number of nitrogens with zero attached hydrogens (tertiary/aromatic N) is 1. The largest absolute Gasteiger partial charge is 0.381 e. The van der Waals surface area contributed by atoms with E-state index in [1.165, 1.54) is 6.07 Å². The van der Waals surface area contributed by atoms with Crippen molar-refractivity contribution in [2.24, 2.45) is 0 Å². The first-order valence-corrected chi connectivity index (χ1v) is 6.16. The summed E-state index contributed by atoms with van der Waals surface area (Å²) in [6.07, 6.45) is 3.22. The Balaban J connectivity index is 2.11. The molecule has 0 radical (unpaired) electrons. The third kappa shape index (κ3) is 2.62. The fraction of sp³-hybridized carbons (Fsp3) is 0.500. The van der Waals surface area contributed by atoms with Crippen LogP contribution in [0.1, 0.15) is 25.7 Å². The zero-order valence-corrected chi connectivity index (χ0v) is 10.4. The molecule has 0 aromatic heterocycles. The number of rotatable bonds is 3. The van der Waals surface area contributed by atoms with Gasteiger partial charge in [0, 0.05) is 7.11 Å². The second-order valence-corrected chi connectivity index (χ2v) is 4.73. The molecular weight excluding hydrogens is 231 g/mol. The number of halogens is 1. The Morgan fingerprint density at radius 2 is 2.06 bits per heavy atom. The highest BCUT2D eigenvalue weighted by atomic mass is 19.1. The summed E-state index contributed by atoms with van der Waals surface area (Å²) >= 11 is 0. The number of para-hydroxylation sites is 1. The number of methoxy groups -OCH3 is 1. The van der Waals surface area contributed by atoms with Crippen molar-refractivity contribution < 1.29 is 9.13 Å². The van der Waals surface area contributed by atoms with Crippen LogP contribution in [0.4, 0.5) is 10.1 Å². The lowest BCUT2D eigenvalue weighted by atomic mass is 9.81. The number of ether oxygens (including phenoxy) is 1. The molecule has 1 fully saturated rings. The highest BCUT2D eigenvalue weighted by molar-refractivity contribution is 5.49. The third-order valence-electron chi connectivity index (χ3n) is 3.58. The first kappa shape index (κ1) is 12.8. The molecule has 1 saturated carbocycles. The van der Waals surface area contributed by atoms with Crippen LogP contribution in [0, 0.1) is 17.1 Å². The Hall–Kier alpha value is -1.60. The van der Waals surface area contributed by atoms with Gasteiger partial charge in [-0.1, -0.05) is 12.1 Å². The Kier molecular flexibility index (Phi) is 3.83. The monoisotopic (exact) mass is 248 g/mol. The van der Waals surface area contributed by atoms with Crippen molar-refractivity contribution in [1.29, 1.82) is 5.26 Å². The quantitative estimate of drug-likeness (QED) is 0.894. The smallest absolute Gasteiger partial charge is 0.146 e. The zero-order valence-electron chi connectivity index (χ0n) is 10.4. The predicted octanol–water partition coefficient (Wildman–Crippen LogP) is 3.09. The SMILES string of the molecule is COC1CCC(C#N)(Nc2ccccc2F)CC1. The molecule has 3 nitrogen and oxygen atoms in total. The normalized spacial score (nSPS) is 27.5. The maximum absolute atomic E-state index is 13.6. The van der Waals surface area contributed by atoms with E-state index in [1.54, 1.807) is 25.3 Å². The third-order valence-corrected chi connectivity index (χ3v) is 3.58. The minimum atomic E-state index is -0.669. The Bertz CT molecular complexity index is 447. The molecule has 18 heavy (non-hydrogen) atoms. The highest BCUT2D eigenvalue weighted by Gasteiger charge is 2.35. The second-order valence-electron chi connectivity index (χ2n) is 4.73. The van der Waals surface area contributed by atoms with E-state index >= 15 is 0 Å². The summed E-state index contributed by atoms with van der Waals surface area (Å²) in [5.74, 6) is -0.319. The van der Waals surface area contributed by atoms with Crippen LogP contribution in [0.3, 0.4) is 0 Å². The van der Waals surface area contributed by atoms with Crippen LogP contribution in [-0.4, -0.2) is 18.8 Å². The second kappa shape index (κ2) is 5.36. The van der Waals surface area contributed by atoms with Crippen LogP contribution >= 0.6 is 0 Å². The van der Waals surface area contributed by atoms with Crippen molar-refractivity contribution >= 4 is 5.69 Å². The van der Waals surface area contributed by atoms with Gasteiger partial charge in [0.1, 0.15) is 11.4 Å². The Labute approximate surface area is 107 Å². The summed E-state index contributed by atoms with van der Waals surface area (Å²) in [6, 6.07) is 8.77. The molecule has 96 valence electrons. The van der Waals surface area contributed by atoms with Gasteiger partial charge in [-0.15, -0.1) is 0 Å². The average Bonchev–Trinajstić information content (AvgIpc) is 2.42. The average molecular weight is 248 g/mol. The topological polar surface area (TPSA) is 45.0 Å². The molecule has 1 aromatic carbocycles. The van der Waals surface area contributed by atoms with Gasteiger partial charge < -0.3 is 10.1 Å². The van der Waals surface area contributed by atoms with Crippen molar-refractivity contribution in [3.63, 3.8) is 0 Å². The molecule has 0 heterocycles. The minimum absolute atomic E-state index is 0.217. The summed E-state index contributed by atoms with van der Waals surface area (Å²) in [5.41, 5.74) is -0.271. The summed E-state index contributed by atoms with van der Waals surface area (Å²) < 4.78 is 18.9. The molecule has 1 aliphatic rings. The number of hydrogen-bond donors (Lipinski definition) is 1. The molecule has 0 amide bonds. The van der Waals surface area contributed by atoms with Gasteiger partial charge in [0.2, 0.25) is 0 Å². The summed E-state index contributed by atoms with van der Waals surface area (Å²) in [7, 11) is 1.69. The van der Waals surface area contributed by atoms with E-state index in [2.05, 4.69) is 11.4 Å². The number of anilines is 1. The molecule has 1 N–H and O–H groups in total. The molecule has 0 unspecified atom stereocenters. The van der Waals surface area contributed by atoms with E-state index in [-0.39, 0.29) is 11.9 Å². The van der Waals surface area contributed by atoms with Gasteiger partial charge in [0.05, 0.1) is 17.9 Å². The maximum Gasteiger partial charge on any atom is 0.146 e. The van der Waals surface area contributed by atoms with Crippen molar-refractivity contribution in [2.75, 3.05) is 12.4 Å². The molecule has 1 aliphatic carbocycles. The first-order chi connectivity index (χ1) is 8.69. The van der Waals surface area contributed by atoms with Crippen molar-refractivity contribution in [3.05, 3.63) is 30.1 Å². The fourth-order valence-corrected chi connectivity index (χ4v) is 2.40. The molecule has 0 atom stereocenters. The number of nitrogens with one attached hydrogen (secondary N) is 1. The van der Waals surface area contributed by atoms with Crippen molar-refractivity contribution in [2.45, 2.75) is 37.3 Å². The van der Waals surface area contributed by atoms with Gasteiger partial charge in [-0.2, -0.15) is 5.26 Å². The van der Waals surface area contributed by atoms with Gasteiger partial charge in [-0.05, 0) is 37.8 Å². The predicted molar refractivity (Wildman–Crippen MR) is 67.6 cm³/mol. The van der Waals surface area contributed by atoms with Crippen LogP contribution in [0.5, 0.6) is 0 Å². The van der Waals surface area contributed by atoms with E-state index in [0.29, 0.717) is 18.5 Å². The molecule has 0 bridgehead atoms.